The summed E-state index contributed by atoms with van der Waals surface area (Å²) < 4.78 is 5.91. The summed E-state index contributed by atoms with van der Waals surface area (Å²) in [5, 5.41) is 5.64. The van der Waals surface area contributed by atoms with Gasteiger partial charge < -0.3 is 19.9 Å². The number of amides is 5. The van der Waals surface area contributed by atoms with E-state index in [1.54, 1.807) is 24.3 Å². The van der Waals surface area contributed by atoms with E-state index in [0.717, 1.165) is 87.8 Å². The molecule has 5 amide bonds. The van der Waals surface area contributed by atoms with Crippen LogP contribution >= 0.6 is 11.6 Å². The summed E-state index contributed by atoms with van der Waals surface area (Å²) in [6.45, 7) is 13.6. The van der Waals surface area contributed by atoms with Gasteiger partial charge in [0.2, 0.25) is 23.4 Å². The molecule has 54 heavy (non-hydrogen) atoms. The molecule has 0 radical (unpaired) electrons. The largest absolute Gasteiger partial charge is 0.494 e. The zero-order valence-corrected chi connectivity index (χ0v) is 30.5. The topological polar surface area (TPSA) is 149 Å². The predicted molar refractivity (Wildman–Crippen MR) is 202 cm³/mol. The van der Waals surface area contributed by atoms with Crippen LogP contribution < -0.4 is 25.2 Å². The number of rotatable bonds is 11. The first kappa shape index (κ1) is 36.8. The lowest BCUT2D eigenvalue weighted by Crippen LogP contribution is -2.54. The molecule has 1 unspecified atom stereocenters. The highest BCUT2D eigenvalue weighted by Crippen LogP contribution is 2.33. The summed E-state index contributed by atoms with van der Waals surface area (Å²) in [7, 11) is 0. The number of hydrogen-bond donors (Lipinski definition) is 2. The summed E-state index contributed by atoms with van der Waals surface area (Å²) in [6.07, 6.45) is 5.20. The molecule has 1 atom stereocenters. The van der Waals surface area contributed by atoms with Gasteiger partial charge in [-0.05, 0) is 81.1 Å². The minimum atomic E-state index is -0.997. The molecule has 2 aromatic carbocycles. The third-order valence-electron chi connectivity index (χ3n) is 10.6. The molecule has 3 saturated heterocycles. The first-order chi connectivity index (χ1) is 26.2. The minimum absolute atomic E-state index is 0.0208. The Labute approximate surface area is 318 Å². The number of ether oxygens (including phenoxy) is 1. The van der Waals surface area contributed by atoms with E-state index in [9.17, 15) is 24.0 Å². The minimum Gasteiger partial charge on any atom is -0.494 e. The lowest BCUT2D eigenvalue weighted by atomic mass is 9.95. The summed E-state index contributed by atoms with van der Waals surface area (Å²) in [4.78, 5) is 78.6. The van der Waals surface area contributed by atoms with E-state index in [-0.39, 0.29) is 35.8 Å². The van der Waals surface area contributed by atoms with Gasteiger partial charge in [-0.3, -0.25) is 39.1 Å². The van der Waals surface area contributed by atoms with Crippen LogP contribution in [0.25, 0.3) is 4.85 Å². The third kappa shape index (κ3) is 8.02. The molecule has 0 spiro atoms. The van der Waals surface area contributed by atoms with Crippen molar-refractivity contribution in [1.82, 2.24) is 20.1 Å². The number of imide groups is 2. The number of benzene rings is 2. The summed E-state index contributed by atoms with van der Waals surface area (Å²) in [5.41, 5.74) is 2.86. The molecular weight excluding hydrogens is 712 g/mol. The van der Waals surface area contributed by atoms with Crippen LogP contribution in [-0.4, -0.2) is 103 Å². The standard InChI is InChI=1S/C39H41ClN8O6/c1-41-32-8-4-26(22-31(32)40)46-15-12-25(13-16-46)36(50)43-34-10-5-27(24-42-34)47-19-17-45(18-20-47)14-2-3-21-54-28-6-7-29-30(23-28)39(53)48(38(29)52)33-9-11-35(49)44-37(33)51/h4-8,10,22-25,33H,2-3,9,11-21H2,(H,42,43,50)(H,44,49,51). The van der Waals surface area contributed by atoms with Crippen molar-refractivity contribution in [1.29, 1.82) is 0 Å². The number of hydrogen-bond acceptors (Lipinski definition) is 10. The van der Waals surface area contributed by atoms with Gasteiger partial charge in [-0.15, -0.1) is 0 Å². The monoisotopic (exact) mass is 752 g/mol. The number of carbonyl (C=O) groups excluding carboxylic acids is 5. The van der Waals surface area contributed by atoms with Gasteiger partial charge in [0, 0.05) is 62.3 Å². The molecule has 7 rings (SSSR count). The molecule has 2 N–H and O–H groups in total. The van der Waals surface area contributed by atoms with Gasteiger partial charge in [-0.2, -0.15) is 0 Å². The van der Waals surface area contributed by atoms with Crippen molar-refractivity contribution in [2.75, 3.05) is 67.5 Å². The number of nitrogens with zero attached hydrogens (tertiary/aromatic N) is 6. The molecule has 4 aliphatic rings. The molecular formula is C39H41ClN8O6. The van der Waals surface area contributed by atoms with E-state index in [2.05, 4.69) is 35.2 Å². The van der Waals surface area contributed by atoms with E-state index in [1.807, 2.05) is 30.5 Å². The lowest BCUT2D eigenvalue weighted by molar-refractivity contribution is -0.136. The molecule has 4 aliphatic heterocycles. The van der Waals surface area contributed by atoms with Crippen molar-refractivity contribution >= 4 is 64.0 Å². The van der Waals surface area contributed by atoms with Gasteiger partial charge in [0.15, 0.2) is 0 Å². The highest BCUT2D eigenvalue weighted by Gasteiger charge is 2.44. The zero-order valence-electron chi connectivity index (χ0n) is 29.8. The van der Waals surface area contributed by atoms with Crippen LogP contribution in [-0.2, 0) is 14.4 Å². The Hall–Kier alpha value is -5.52. The number of piperidine rings is 2. The van der Waals surface area contributed by atoms with Gasteiger partial charge in [0.05, 0.1) is 36.2 Å². The Kier molecular flexibility index (Phi) is 11.1. The molecule has 280 valence electrons. The zero-order chi connectivity index (χ0) is 37.8. The number of nitrogens with one attached hydrogen (secondary N) is 2. The molecule has 14 nitrogen and oxygen atoms in total. The second kappa shape index (κ2) is 16.2. The number of unbranched alkanes of at least 4 members (excludes halogenated alkanes) is 1. The van der Waals surface area contributed by atoms with Gasteiger partial charge in [-0.25, -0.2) is 9.83 Å². The first-order valence-electron chi connectivity index (χ1n) is 18.3. The Morgan fingerprint density at radius 3 is 2.33 bits per heavy atom. The van der Waals surface area contributed by atoms with Crippen molar-refractivity contribution in [3.63, 3.8) is 0 Å². The van der Waals surface area contributed by atoms with E-state index in [0.29, 0.717) is 28.9 Å². The van der Waals surface area contributed by atoms with Gasteiger partial charge >= 0.3 is 0 Å². The molecule has 15 heteroatoms. The number of fused-ring (bicyclic) bond motifs is 1. The fourth-order valence-electron chi connectivity index (χ4n) is 7.46. The van der Waals surface area contributed by atoms with Crippen LogP contribution in [0.2, 0.25) is 5.02 Å². The Balaban J connectivity index is 0.793. The van der Waals surface area contributed by atoms with Crippen LogP contribution in [0.15, 0.2) is 54.7 Å². The second-order valence-electron chi connectivity index (χ2n) is 13.9. The maximum absolute atomic E-state index is 13.1. The first-order valence-corrected chi connectivity index (χ1v) is 18.7. The maximum Gasteiger partial charge on any atom is 0.262 e. The molecule has 3 aromatic rings. The number of pyridine rings is 1. The van der Waals surface area contributed by atoms with Crippen LogP contribution in [0.5, 0.6) is 5.75 Å². The highest BCUT2D eigenvalue weighted by molar-refractivity contribution is 6.33. The van der Waals surface area contributed by atoms with Gasteiger partial charge in [-0.1, -0.05) is 17.7 Å². The van der Waals surface area contributed by atoms with Gasteiger partial charge in [0.1, 0.15) is 17.6 Å². The molecule has 0 bridgehead atoms. The summed E-state index contributed by atoms with van der Waals surface area (Å²) in [5.74, 6) is -1.22. The second-order valence-corrected chi connectivity index (χ2v) is 14.3. The molecule has 5 heterocycles. The smallest absolute Gasteiger partial charge is 0.262 e. The van der Waals surface area contributed by atoms with Crippen molar-refractivity contribution < 1.29 is 28.7 Å². The number of halogens is 1. The number of carbonyl (C=O) groups is 5. The van der Waals surface area contributed by atoms with Crippen LogP contribution in [0.4, 0.5) is 22.9 Å². The number of aromatic nitrogens is 1. The average Bonchev–Trinajstić information content (AvgIpc) is 3.43. The van der Waals surface area contributed by atoms with Crippen molar-refractivity contribution in [3.8, 4) is 5.75 Å². The van der Waals surface area contributed by atoms with E-state index < -0.39 is 29.7 Å². The predicted octanol–water partition coefficient (Wildman–Crippen LogP) is 4.52. The summed E-state index contributed by atoms with van der Waals surface area (Å²) >= 11 is 6.22. The normalized spacial score (nSPS) is 19.4. The Morgan fingerprint density at radius 1 is 0.889 bits per heavy atom. The lowest BCUT2D eigenvalue weighted by Gasteiger charge is -2.36. The third-order valence-corrected chi connectivity index (χ3v) is 10.9. The molecule has 0 aliphatic carbocycles. The molecule has 0 saturated carbocycles. The van der Waals surface area contributed by atoms with Crippen molar-refractivity contribution in [2.45, 2.75) is 44.6 Å². The van der Waals surface area contributed by atoms with E-state index in [1.165, 1.54) is 0 Å². The quantitative estimate of drug-likeness (QED) is 0.163. The van der Waals surface area contributed by atoms with Crippen LogP contribution in [0, 0.1) is 12.5 Å². The van der Waals surface area contributed by atoms with Gasteiger partial charge in [0.25, 0.3) is 11.8 Å². The fourth-order valence-corrected chi connectivity index (χ4v) is 7.67. The van der Waals surface area contributed by atoms with Crippen LogP contribution in [0.3, 0.4) is 0 Å². The van der Waals surface area contributed by atoms with Crippen molar-refractivity contribution in [2.24, 2.45) is 5.92 Å². The Bertz CT molecular complexity index is 1990. The molecule has 1 aromatic heterocycles. The van der Waals surface area contributed by atoms with Crippen LogP contribution in [0.1, 0.15) is 59.2 Å². The number of piperazine rings is 1. The average molecular weight is 753 g/mol. The van der Waals surface area contributed by atoms with E-state index in [4.69, 9.17) is 22.9 Å². The number of anilines is 3. The molecule has 3 fully saturated rings. The Morgan fingerprint density at radius 2 is 1.63 bits per heavy atom. The highest BCUT2D eigenvalue weighted by atomic mass is 35.5. The maximum atomic E-state index is 13.1. The summed E-state index contributed by atoms with van der Waals surface area (Å²) in [6, 6.07) is 13.1. The van der Waals surface area contributed by atoms with Crippen molar-refractivity contribution in [3.05, 3.63) is 82.3 Å². The SMILES string of the molecule is [C-]#[N+]c1ccc(N2CCC(C(=O)Nc3ccc(N4CCN(CCCCOc5ccc6c(c5)C(=O)N(C5CCC(=O)NC5=O)C6=O)CC4)cn3)CC2)cc1Cl. The fraction of sp³-hybridized carbons (Fsp3) is 0.410. The van der Waals surface area contributed by atoms with E-state index >= 15 is 0 Å².